The third-order valence-corrected chi connectivity index (χ3v) is 2.98. The molecular formula is C14H19ClN4O4. The molecule has 0 aromatic carbocycles. The van der Waals surface area contributed by atoms with E-state index in [0.717, 1.165) is 0 Å². The number of rotatable bonds is 4. The fraction of sp³-hybridized carbons (Fsp3) is 0.429. The average Bonchev–Trinajstić information content (AvgIpc) is 2.83. The van der Waals surface area contributed by atoms with E-state index >= 15 is 0 Å². The predicted octanol–water partition coefficient (Wildman–Crippen LogP) is 0.847. The fourth-order valence-electron chi connectivity index (χ4n) is 2.19. The minimum atomic E-state index is -1.18. The van der Waals surface area contributed by atoms with Gasteiger partial charge in [-0.15, -0.1) is 12.4 Å². The van der Waals surface area contributed by atoms with Gasteiger partial charge in [0, 0.05) is 11.8 Å². The highest BCUT2D eigenvalue weighted by Gasteiger charge is 2.21. The van der Waals surface area contributed by atoms with Crippen molar-refractivity contribution in [2.75, 3.05) is 6.54 Å². The van der Waals surface area contributed by atoms with E-state index in [9.17, 15) is 14.4 Å². The average molecular weight is 343 g/mol. The first-order chi connectivity index (χ1) is 10.2. The predicted molar refractivity (Wildman–Crippen MR) is 86.2 cm³/mol. The number of aliphatic carboxylic acids is 1. The molecule has 2 aromatic rings. The van der Waals surface area contributed by atoms with Crippen molar-refractivity contribution in [3.63, 3.8) is 0 Å². The van der Waals surface area contributed by atoms with Crippen molar-refractivity contribution in [1.29, 1.82) is 0 Å². The summed E-state index contributed by atoms with van der Waals surface area (Å²) in [5.41, 5.74) is 0.203. The summed E-state index contributed by atoms with van der Waals surface area (Å²) in [6.45, 7) is 5.55. The lowest BCUT2D eigenvalue weighted by atomic mass is 9.90. The first kappa shape index (κ1) is 18.7. The molecule has 0 aliphatic heterocycles. The van der Waals surface area contributed by atoms with E-state index in [1.807, 2.05) is 20.8 Å². The molecule has 1 amide bonds. The number of carbonyl (C=O) groups is 2. The smallest absolute Gasteiger partial charge is 0.322 e. The summed E-state index contributed by atoms with van der Waals surface area (Å²) in [5, 5.41) is 13.7. The van der Waals surface area contributed by atoms with Crippen LogP contribution in [0.25, 0.3) is 5.65 Å². The zero-order chi connectivity index (χ0) is 16.5. The second-order valence-electron chi connectivity index (χ2n) is 6.24. The molecule has 0 aliphatic carbocycles. The fourth-order valence-corrected chi connectivity index (χ4v) is 2.19. The van der Waals surface area contributed by atoms with Gasteiger partial charge in [0.05, 0.1) is 0 Å². The molecule has 0 fully saturated rings. The van der Waals surface area contributed by atoms with Crippen LogP contribution in [-0.2, 0) is 11.2 Å². The van der Waals surface area contributed by atoms with Crippen molar-refractivity contribution < 1.29 is 14.7 Å². The number of hydrogen-bond acceptors (Lipinski definition) is 4. The van der Waals surface area contributed by atoms with Gasteiger partial charge in [-0.1, -0.05) is 20.8 Å². The first-order valence-corrected chi connectivity index (χ1v) is 6.77. The standard InChI is InChI=1S/C14H18N4O4.ClH/c1-14(2,3)5-8-4-9(19)11(12-16-7-17-18(8)12)13(22)15-6-10(20)21;/h4,7H,5-6H2,1-3H3,(H,15,22)(H,16,17)(H,20,21);1H. The molecule has 0 bridgehead atoms. The van der Waals surface area contributed by atoms with E-state index in [2.05, 4.69) is 15.4 Å². The molecule has 0 saturated carbocycles. The summed E-state index contributed by atoms with van der Waals surface area (Å²) >= 11 is 0. The molecule has 126 valence electrons. The normalized spacial score (nSPS) is 11.1. The number of nitrogens with one attached hydrogen (secondary N) is 2. The molecule has 3 N–H and O–H groups in total. The number of carboxylic acids is 1. The van der Waals surface area contributed by atoms with E-state index in [0.29, 0.717) is 12.1 Å². The van der Waals surface area contributed by atoms with Crippen molar-refractivity contribution in [2.45, 2.75) is 27.2 Å². The lowest BCUT2D eigenvalue weighted by molar-refractivity contribution is -0.135. The van der Waals surface area contributed by atoms with Gasteiger partial charge < -0.3 is 10.4 Å². The van der Waals surface area contributed by atoms with Crippen LogP contribution in [0.2, 0.25) is 0 Å². The van der Waals surface area contributed by atoms with Crippen LogP contribution in [0.15, 0.2) is 17.2 Å². The molecule has 0 saturated heterocycles. The number of halogens is 1. The molecule has 0 radical (unpaired) electrons. The van der Waals surface area contributed by atoms with Crippen LogP contribution < -0.4 is 10.7 Å². The SMILES string of the molecule is CC(C)(C)Cc1cc(=O)c(C(=O)NCC(=O)O)c2nc[nH]n12.Cl. The third kappa shape index (κ3) is 4.32. The van der Waals surface area contributed by atoms with E-state index in [1.54, 1.807) is 4.52 Å². The minimum Gasteiger partial charge on any atom is -0.480 e. The lowest BCUT2D eigenvalue weighted by Crippen LogP contribution is -2.33. The van der Waals surface area contributed by atoms with E-state index in [1.165, 1.54) is 12.4 Å². The van der Waals surface area contributed by atoms with Gasteiger partial charge in [-0.3, -0.25) is 19.5 Å². The number of aromatic nitrogens is 3. The quantitative estimate of drug-likeness (QED) is 0.761. The Hall–Kier alpha value is -2.35. The Bertz CT molecular complexity index is 788. The molecule has 0 spiro atoms. The second kappa shape index (κ2) is 6.82. The monoisotopic (exact) mass is 342 g/mol. The van der Waals surface area contributed by atoms with E-state index < -0.39 is 23.9 Å². The number of nitrogens with zero attached hydrogens (tertiary/aromatic N) is 2. The highest BCUT2D eigenvalue weighted by atomic mass is 35.5. The Morgan fingerprint density at radius 1 is 1.39 bits per heavy atom. The minimum absolute atomic E-state index is 0. The molecule has 23 heavy (non-hydrogen) atoms. The summed E-state index contributed by atoms with van der Waals surface area (Å²) < 4.78 is 1.57. The molecular weight excluding hydrogens is 324 g/mol. The summed E-state index contributed by atoms with van der Waals surface area (Å²) in [4.78, 5) is 38.8. The molecule has 2 aromatic heterocycles. The highest BCUT2D eigenvalue weighted by molar-refractivity contribution is 6.00. The van der Waals surface area contributed by atoms with Gasteiger partial charge in [-0.2, -0.15) is 0 Å². The number of hydrogen-bond donors (Lipinski definition) is 3. The number of carboxylic acid groups (broad SMARTS) is 1. The third-order valence-electron chi connectivity index (χ3n) is 2.98. The number of aromatic amines is 1. The molecule has 0 unspecified atom stereocenters. The first-order valence-electron chi connectivity index (χ1n) is 6.77. The van der Waals surface area contributed by atoms with Crippen molar-refractivity contribution in [3.05, 3.63) is 33.9 Å². The van der Waals surface area contributed by atoms with Crippen LogP contribution in [0.1, 0.15) is 36.8 Å². The number of amides is 1. The van der Waals surface area contributed by atoms with Crippen LogP contribution in [0.3, 0.4) is 0 Å². The molecule has 8 nitrogen and oxygen atoms in total. The van der Waals surface area contributed by atoms with Gasteiger partial charge in [0.1, 0.15) is 18.4 Å². The van der Waals surface area contributed by atoms with Gasteiger partial charge in [0.2, 0.25) is 0 Å². The maximum atomic E-state index is 12.2. The Kier molecular flexibility index (Phi) is 5.55. The van der Waals surface area contributed by atoms with Crippen LogP contribution in [-0.4, -0.2) is 38.1 Å². The van der Waals surface area contributed by atoms with Crippen molar-refractivity contribution in [3.8, 4) is 0 Å². The summed E-state index contributed by atoms with van der Waals surface area (Å²) in [6, 6.07) is 1.38. The second-order valence-corrected chi connectivity index (χ2v) is 6.24. The molecule has 0 aliphatic rings. The van der Waals surface area contributed by atoms with E-state index in [4.69, 9.17) is 5.11 Å². The van der Waals surface area contributed by atoms with E-state index in [-0.39, 0.29) is 29.0 Å². The Balaban J connectivity index is 0.00000264. The number of H-pyrrole nitrogens is 1. The topological polar surface area (TPSA) is 117 Å². The number of pyridine rings is 1. The van der Waals surface area contributed by atoms with Crippen molar-refractivity contribution >= 4 is 29.9 Å². The lowest BCUT2D eigenvalue weighted by Gasteiger charge is -2.19. The maximum Gasteiger partial charge on any atom is 0.322 e. The Labute approximate surface area is 138 Å². The van der Waals surface area contributed by atoms with Crippen LogP contribution in [0.5, 0.6) is 0 Å². The van der Waals surface area contributed by atoms with Crippen molar-refractivity contribution in [2.24, 2.45) is 5.41 Å². The van der Waals surface area contributed by atoms with Gasteiger partial charge in [0.15, 0.2) is 11.1 Å². The highest BCUT2D eigenvalue weighted by Crippen LogP contribution is 2.20. The van der Waals surface area contributed by atoms with Crippen molar-refractivity contribution in [1.82, 2.24) is 19.9 Å². The molecule has 2 heterocycles. The summed E-state index contributed by atoms with van der Waals surface area (Å²) in [6.07, 6.45) is 2.00. The zero-order valence-electron chi connectivity index (χ0n) is 13.0. The van der Waals surface area contributed by atoms with Crippen LogP contribution >= 0.6 is 12.4 Å². The van der Waals surface area contributed by atoms with Gasteiger partial charge in [-0.05, 0) is 11.8 Å². The molecule has 2 rings (SSSR count). The summed E-state index contributed by atoms with van der Waals surface area (Å²) in [5.74, 6) is -1.93. The van der Waals surface area contributed by atoms with Crippen LogP contribution in [0, 0.1) is 5.41 Å². The van der Waals surface area contributed by atoms with Gasteiger partial charge >= 0.3 is 5.97 Å². The van der Waals surface area contributed by atoms with Crippen LogP contribution in [0.4, 0.5) is 0 Å². The zero-order valence-corrected chi connectivity index (χ0v) is 13.9. The largest absolute Gasteiger partial charge is 0.480 e. The van der Waals surface area contributed by atoms with Gasteiger partial charge in [0.25, 0.3) is 5.91 Å². The number of carbonyl (C=O) groups excluding carboxylic acids is 1. The van der Waals surface area contributed by atoms with Gasteiger partial charge in [-0.25, -0.2) is 9.50 Å². The maximum absolute atomic E-state index is 12.2. The molecule has 9 heteroatoms. The number of fused-ring (bicyclic) bond motifs is 1. The Morgan fingerprint density at radius 2 is 2.04 bits per heavy atom. The molecule has 0 atom stereocenters. The summed E-state index contributed by atoms with van der Waals surface area (Å²) in [7, 11) is 0. The Morgan fingerprint density at radius 3 is 2.61 bits per heavy atom.